The molecule has 15 rings (SSSR count). The maximum atomic E-state index is 2.48. The second-order valence-corrected chi connectivity index (χ2v) is 20.0. The van der Waals surface area contributed by atoms with Crippen molar-refractivity contribution in [3.8, 4) is 55.9 Å². The minimum absolute atomic E-state index is 0.128. The lowest BCUT2D eigenvalue weighted by Crippen LogP contribution is -2.14. The van der Waals surface area contributed by atoms with Crippen molar-refractivity contribution in [1.29, 1.82) is 0 Å². The predicted molar refractivity (Wildman–Crippen MR) is 302 cm³/mol. The topological polar surface area (TPSA) is 9.86 Å². The van der Waals surface area contributed by atoms with Crippen LogP contribution >= 0.6 is 0 Å². The molecule has 2 aromatic heterocycles. The molecule has 0 saturated heterocycles. The van der Waals surface area contributed by atoms with Gasteiger partial charge in [0, 0.05) is 38.3 Å². The molecule has 0 atom stereocenters. The van der Waals surface area contributed by atoms with Crippen LogP contribution in [0.25, 0.3) is 132 Å². The third-order valence-electron chi connectivity index (χ3n) is 15.9. The highest BCUT2D eigenvalue weighted by Crippen LogP contribution is 2.52. The van der Waals surface area contributed by atoms with Gasteiger partial charge >= 0.3 is 0 Å². The molecule has 14 aromatic rings. The van der Waals surface area contributed by atoms with E-state index in [1.54, 1.807) is 0 Å². The summed E-state index contributed by atoms with van der Waals surface area (Å²) in [5.41, 5.74) is 19.7. The Morgan fingerprint density at radius 1 is 0.268 bits per heavy atom. The van der Waals surface area contributed by atoms with E-state index in [0.29, 0.717) is 0 Å². The Hall–Kier alpha value is -8.98. The third-order valence-corrected chi connectivity index (χ3v) is 15.9. The summed E-state index contributed by atoms with van der Waals surface area (Å²) in [6, 6.07) is 90.9. The summed E-state index contributed by atoms with van der Waals surface area (Å²) in [7, 11) is 0. The summed E-state index contributed by atoms with van der Waals surface area (Å²) in [5, 5.41) is 12.3. The molecule has 12 aromatic carbocycles. The molecular formula is C69H46N2. The molecule has 2 heteroatoms. The van der Waals surface area contributed by atoms with Crippen LogP contribution in [0.5, 0.6) is 0 Å². The first kappa shape index (κ1) is 40.0. The molecule has 0 amide bonds. The van der Waals surface area contributed by atoms with Crippen molar-refractivity contribution in [1.82, 2.24) is 9.13 Å². The lowest BCUT2D eigenvalue weighted by atomic mass is 9.80. The zero-order valence-electron chi connectivity index (χ0n) is 39.5. The molecule has 0 fully saturated rings. The Labute approximate surface area is 411 Å². The zero-order chi connectivity index (χ0) is 47.0. The van der Waals surface area contributed by atoms with Crippen molar-refractivity contribution < 1.29 is 0 Å². The van der Waals surface area contributed by atoms with Crippen LogP contribution in [0, 0.1) is 0 Å². The van der Waals surface area contributed by atoms with Gasteiger partial charge in [-0.15, -0.1) is 0 Å². The van der Waals surface area contributed by atoms with Crippen LogP contribution in [0.3, 0.4) is 0 Å². The molecule has 0 N–H and O–H groups in total. The second-order valence-electron chi connectivity index (χ2n) is 20.0. The minimum atomic E-state index is -0.128. The van der Waals surface area contributed by atoms with E-state index in [1.165, 1.54) is 132 Å². The molecule has 1 aliphatic rings. The molecule has 0 saturated carbocycles. The highest BCUT2D eigenvalue weighted by molar-refractivity contribution is 6.25. The summed E-state index contributed by atoms with van der Waals surface area (Å²) in [4.78, 5) is 0. The van der Waals surface area contributed by atoms with Gasteiger partial charge in [0.2, 0.25) is 0 Å². The summed E-state index contributed by atoms with van der Waals surface area (Å²) >= 11 is 0. The Morgan fingerprint density at radius 3 is 1.27 bits per heavy atom. The quantitative estimate of drug-likeness (QED) is 0.152. The molecule has 0 bridgehead atoms. The van der Waals surface area contributed by atoms with Gasteiger partial charge in [0.05, 0.1) is 22.1 Å². The maximum absolute atomic E-state index is 2.48. The molecule has 332 valence electrons. The van der Waals surface area contributed by atoms with Crippen LogP contribution in [-0.2, 0) is 5.41 Å². The van der Waals surface area contributed by atoms with E-state index in [0.717, 1.165) is 11.4 Å². The number of fused-ring (bicyclic) bond motifs is 12. The summed E-state index contributed by atoms with van der Waals surface area (Å²) < 4.78 is 4.93. The van der Waals surface area contributed by atoms with Gasteiger partial charge in [-0.3, -0.25) is 0 Å². The molecule has 0 aliphatic heterocycles. The average Bonchev–Trinajstić information content (AvgIpc) is 4.03. The minimum Gasteiger partial charge on any atom is -0.309 e. The number of aromatic nitrogens is 2. The average molecular weight is 903 g/mol. The van der Waals surface area contributed by atoms with Gasteiger partial charge in [0.1, 0.15) is 0 Å². The van der Waals surface area contributed by atoms with Crippen LogP contribution in [0.1, 0.15) is 25.0 Å². The second kappa shape index (κ2) is 15.0. The zero-order valence-corrected chi connectivity index (χ0v) is 39.5. The fraction of sp³-hybridized carbons (Fsp3) is 0.0435. The van der Waals surface area contributed by atoms with E-state index in [-0.39, 0.29) is 5.41 Å². The summed E-state index contributed by atoms with van der Waals surface area (Å²) in [6.45, 7) is 4.76. The highest BCUT2D eigenvalue weighted by atomic mass is 15.0. The predicted octanol–water partition coefficient (Wildman–Crippen LogP) is 18.6. The van der Waals surface area contributed by atoms with E-state index in [4.69, 9.17) is 0 Å². The van der Waals surface area contributed by atoms with Gasteiger partial charge in [0.15, 0.2) is 0 Å². The smallest absolute Gasteiger partial charge is 0.0541 e. The normalized spacial score (nSPS) is 13.0. The largest absolute Gasteiger partial charge is 0.309 e. The first-order chi connectivity index (χ1) is 35.0. The first-order valence-electron chi connectivity index (χ1n) is 24.8. The van der Waals surface area contributed by atoms with Crippen LogP contribution in [-0.4, -0.2) is 9.13 Å². The number of hydrogen-bond acceptors (Lipinski definition) is 0. The Balaban J connectivity index is 1.09. The summed E-state index contributed by atoms with van der Waals surface area (Å²) in [5.74, 6) is 0. The molecule has 1 aliphatic carbocycles. The van der Waals surface area contributed by atoms with Crippen molar-refractivity contribution in [2.75, 3.05) is 0 Å². The van der Waals surface area contributed by atoms with Gasteiger partial charge in [-0.1, -0.05) is 202 Å². The monoisotopic (exact) mass is 902 g/mol. The van der Waals surface area contributed by atoms with Crippen molar-refractivity contribution in [2.45, 2.75) is 19.3 Å². The molecular weight excluding hydrogens is 857 g/mol. The maximum Gasteiger partial charge on any atom is 0.0541 e. The SMILES string of the molecule is CC1(C)c2ccccc2-c2ccc(-c3ccccc3-c3c4cc(-n5c6ccccc6c6ccccc65)ccc4c(-c4cccc5ccccc45)c4cc(-n5c6ccccc6c6ccccc65)ccc34)cc21. The van der Waals surface area contributed by atoms with E-state index in [2.05, 4.69) is 266 Å². The molecule has 0 radical (unpaired) electrons. The van der Waals surface area contributed by atoms with Crippen molar-refractivity contribution in [3.05, 3.63) is 254 Å². The van der Waals surface area contributed by atoms with E-state index in [9.17, 15) is 0 Å². The summed E-state index contributed by atoms with van der Waals surface area (Å²) in [6.07, 6.45) is 0. The van der Waals surface area contributed by atoms with E-state index in [1.807, 2.05) is 0 Å². The first-order valence-corrected chi connectivity index (χ1v) is 24.8. The van der Waals surface area contributed by atoms with Gasteiger partial charge in [-0.05, 0) is 143 Å². The highest BCUT2D eigenvalue weighted by Gasteiger charge is 2.35. The number of para-hydroxylation sites is 4. The van der Waals surface area contributed by atoms with E-state index < -0.39 is 0 Å². The molecule has 0 unspecified atom stereocenters. The van der Waals surface area contributed by atoms with Crippen LogP contribution in [0.2, 0.25) is 0 Å². The van der Waals surface area contributed by atoms with Gasteiger partial charge in [-0.25, -0.2) is 0 Å². The molecule has 0 spiro atoms. The Bertz CT molecular complexity index is 4450. The number of nitrogens with zero attached hydrogens (tertiary/aromatic N) is 2. The lowest BCUT2D eigenvalue weighted by Gasteiger charge is -2.24. The van der Waals surface area contributed by atoms with Crippen LogP contribution < -0.4 is 0 Å². The standard InChI is InChI=1S/C69H46N2/c1-69(2)61-29-12-7-22-49(61)50-37-34-44(40-62(50)69)48-21-5-6-27-55(48)67-57-38-35-46(71-65-32-15-10-25-53(65)54-26-11-16-33-66(54)71)42-60(57)68(56-28-17-19-43-18-3-4-20-47(43)56)58-39-36-45(41-59(58)67)70-63-30-13-8-23-51(63)52-24-9-14-31-64(52)70/h3-42H,1-2H3. The number of rotatable bonds is 5. The lowest BCUT2D eigenvalue weighted by molar-refractivity contribution is 0.660. The molecule has 71 heavy (non-hydrogen) atoms. The fourth-order valence-corrected chi connectivity index (χ4v) is 12.7. The van der Waals surface area contributed by atoms with Gasteiger partial charge in [0.25, 0.3) is 0 Å². The van der Waals surface area contributed by atoms with Crippen LogP contribution in [0.4, 0.5) is 0 Å². The van der Waals surface area contributed by atoms with Crippen molar-refractivity contribution in [3.63, 3.8) is 0 Å². The number of benzene rings is 12. The van der Waals surface area contributed by atoms with E-state index >= 15 is 0 Å². The van der Waals surface area contributed by atoms with Crippen molar-refractivity contribution in [2.24, 2.45) is 0 Å². The fourth-order valence-electron chi connectivity index (χ4n) is 12.7. The molecule has 2 nitrogen and oxygen atoms in total. The van der Waals surface area contributed by atoms with Crippen molar-refractivity contribution >= 4 is 75.9 Å². The molecule has 2 heterocycles. The third kappa shape index (κ3) is 5.71. The number of hydrogen-bond donors (Lipinski definition) is 0. The van der Waals surface area contributed by atoms with Gasteiger partial charge in [-0.2, -0.15) is 0 Å². The Kier molecular flexibility index (Phi) is 8.45. The van der Waals surface area contributed by atoms with Gasteiger partial charge < -0.3 is 9.13 Å². The van der Waals surface area contributed by atoms with Crippen LogP contribution in [0.15, 0.2) is 243 Å². The Morgan fingerprint density at radius 2 is 0.690 bits per heavy atom.